The average Bonchev–Trinajstić information content (AvgIpc) is 3.28. The average molecular weight is 496 g/mol. The van der Waals surface area contributed by atoms with Gasteiger partial charge in [-0.05, 0) is 61.2 Å². The Kier molecular flexibility index (Phi) is 9.31. The highest BCUT2D eigenvalue weighted by molar-refractivity contribution is 7.99. The molecule has 0 saturated heterocycles. The second kappa shape index (κ2) is 12.4. The zero-order chi connectivity index (χ0) is 25.4. The number of thioether (sulfide) groups is 1. The molecule has 0 aliphatic carbocycles. The van der Waals surface area contributed by atoms with Crippen molar-refractivity contribution in [3.8, 4) is 5.75 Å². The van der Waals surface area contributed by atoms with Crippen molar-refractivity contribution in [1.82, 2.24) is 20.1 Å². The first-order chi connectivity index (χ1) is 16.9. The van der Waals surface area contributed by atoms with Gasteiger partial charge in [0.25, 0.3) is 5.91 Å². The summed E-state index contributed by atoms with van der Waals surface area (Å²) in [4.78, 5) is 25.4. The number of amides is 2. The summed E-state index contributed by atoms with van der Waals surface area (Å²) in [5, 5.41) is 15.4. The van der Waals surface area contributed by atoms with Gasteiger partial charge < -0.3 is 19.9 Å². The van der Waals surface area contributed by atoms with E-state index in [2.05, 4.69) is 27.8 Å². The van der Waals surface area contributed by atoms with Gasteiger partial charge in [-0.15, -0.1) is 10.2 Å². The second-order valence-corrected chi connectivity index (χ2v) is 9.34. The summed E-state index contributed by atoms with van der Waals surface area (Å²) in [6.45, 7) is 8.76. The van der Waals surface area contributed by atoms with E-state index in [9.17, 15) is 9.59 Å². The van der Waals surface area contributed by atoms with Crippen LogP contribution < -0.4 is 15.4 Å². The largest absolute Gasteiger partial charge is 0.497 e. The fourth-order valence-electron chi connectivity index (χ4n) is 3.58. The van der Waals surface area contributed by atoms with Gasteiger partial charge in [-0.25, -0.2) is 0 Å². The molecule has 9 heteroatoms. The molecule has 0 spiro atoms. The van der Waals surface area contributed by atoms with Crippen molar-refractivity contribution in [2.24, 2.45) is 5.92 Å². The maximum absolute atomic E-state index is 12.9. The zero-order valence-electron chi connectivity index (χ0n) is 20.9. The van der Waals surface area contributed by atoms with E-state index in [1.165, 1.54) is 17.3 Å². The van der Waals surface area contributed by atoms with Gasteiger partial charge in [0.05, 0.1) is 18.9 Å². The van der Waals surface area contributed by atoms with Crippen molar-refractivity contribution >= 4 is 29.3 Å². The van der Waals surface area contributed by atoms with Crippen LogP contribution in [0.15, 0.2) is 53.7 Å². The maximum atomic E-state index is 12.9. The summed E-state index contributed by atoms with van der Waals surface area (Å²) >= 11 is 1.33. The van der Waals surface area contributed by atoms with Crippen LogP contribution in [-0.2, 0) is 17.8 Å². The lowest BCUT2D eigenvalue weighted by atomic mass is 10.0. The first-order valence-corrected chi connectivity index (χ1v) is 12.7. The lowest BCUT2D eigenvalue weighted by Crippen LogP contribution is -2.33. The first-order valence-electron chi connectivity index (χ1n) is 11.8. The van der Waals surface area contributed by atoms with Gasteiger partial charge in [-0.3, -0.25) is 9.59 Å². The lowest BCUT2D eigenvalue weighted by Gasteiger charge is -2.22. The Balaban J connectivity index is 1.68. The Bertz CT molecular complexity index is 1130. The molecule has 0 fully saturated rings. The Morgan fingerprint density at radius 3 is 2.29 bits per heavy atom. The maximum Gasteiger partial charge on any atom is 0.251 e. The van der Waals surface area contributed by atoms with Crippen LogP contribution >= 0.6 is 11.8 Å². The number of nitrogens with zero attached hydrogens (tertiary/aromatic N) is 3. The fraction of sp³-hybridized carbons (Fsp3) is 0.385. The number of ether oxygens (including phenoxy) is 1. The van der Waals surface area contributed by atoms with Crippen LogP contribution in [0.1, 0.15) is 55.5 Å². The molecule has 0 radical (unpaired) electrons. The highest BCUT2D eigenvalue weighted by Gasteiger charge is 2.26. The summed E-state index contributed by atoms with van der Waals surface area (Å²) in [7, 11) is 1.59. The molecule has 2 N–H and O–H groups in total. The molecule has 2 aromatic carbocycles. The van der Waals surface area contributed by atoms with E-state index in [0.717, 1.165) is 12.1 Å². The van der Waals surface area contributed by atoms with Crippen LogP contribution in [0.2, 0.25) is 0 Å². The van der Waals surface area contributed by atoms with E-state index in [-0.39, 0.29) is 29.5 Å². The summed E-state index contributed by atoms with van der Waals surface area (Å²) in [5.41, 5.74) is 2.53. The molecule has 186 valence electrons. The number of aryl methyl sites for hydroxylation is 1. The molecule has 0 aliphatic heterocycles. The number of methoxy groups -OCH3 is 1. The number of aromatic nitrogens is 3. The number of hydrogen-bond acceptors (Lipinski definition) is 6. The van der Waals surface area contributed by atoms with Crippen LogP contribution in [0.25, 0.3) is 0 Å². The summed E-state index contributed by atoms with van der Waals surface area (Å²) < 4.78 is 7.12. The molecule has 2 amide bonds. The number of anilines is 1. The Morgan fingerprint density at radius 1 is 1.03 bits per heavy atom. The molecule has 0 unspecified atom stereocenters. The summed E-state index contributed by atoms with van der Waals surface area (Å²) in [6.07, 6.45) is 0.955. The molecular weight excluding hydrogens is 462 g/mol. The minimum Gasteiger partial charge on any atom is -0.497 e. The lowest BCUT2D eigenvalue weighted by molar-refractivity contribution is -0.113. The van der Waals surface area contributed by atoms with Gasteiger partial charge in [0.2, 0.25) is 5.91 Å². The predicted octanol–water partition coefficient (Wildman–Crippen LogP) is 4.73. The van der Waals surface area contributed by atoms with E-state index in [4.69, 9.17) is 4.74 Å². The number of benzene rings is 2. The summed E-state index contributed by atoms with van der Waals surface area (Å²) in [6, 6.07) is 14.5. The quantitative estimate of drug-likeness (QED) is 0.373. The van der Waals surface area contributed by atoms with E-state index in [1.807, 2.05) is 49.6 Å². The van der Waals surface area contributed by atoms with E-state index < -0.39 is 0 Å². The zero-order valence-corrected chi connectivity index (χ0v) is 21.7. The van der Waals surface area contributed by atoms with E-state index >= 15 is 0 Å². The van der Waals surface area contributed by atoms with Gasteiger partial charge in [-0.1, -0.05) is 44.7 Å². The number of carbonyl (C=O) groups excluding carboxylic acids is 2. The van der Waals surface area contributed by atoms with Crippen molar-refractivity contribution in [2.75, 3.05) is 18.2 Å². The van der Waals surface area contributed by atoms with E-state index in [1.54, 1.807) is 31.4 Å². The van der Waals surface area contributed by atoms with Crippen molar-refractivity contribution in [1.29, 1.82) is 0 Å². The van der Waals surface area contributed by atoms with Crippen molar-refractivity contribution in [3.63, 3.8) is 0 Å². The topological polar surface area (TPSA) is 98.1 Å². The van der Waals surface area contributed by atoms with Crippen LogP contribution in [0.3, 0.4) is 0 Å². The second-order valence-electron chi connectivity index (χ2n) is 8.40. The molecule has 1 heterocycles. The molecule has 3 rings (SSSR count). The molecule has 0 bridgehead atoms. The van der Waals surface area contributed by atoms with Crippen molar-refractivity contribution in [3.05, 3.63) is 65.5 Å². The van der Waals surface area contributed by atoms with Crippen LogP contribution in [0.4, 0.5) is 5.69 Å². The standard InChI is InChI=1S/C26H33N5O3S/c1-6-18-8-12-20(13-9-18)27-22(32)16-35-26-30-29-24(31(26)7-2)23(17(3)4)28-25(33)19-10-14-21(34-5)15-11-19/h8-15,17,23H,6-7,16H2,1-5H3,(H,27,32)(H,28,33)/t23-/m1/s1. The van der Waals surface area contributed by atoms with Crippen LogP contribution in [0, 0.1) is 5.92 Å². The first kappa shape index (κ1) is 26.3. The monoisotopic (exact) mass is 495 g/mol. The summed E-state index contributed by atoms with van der Waals surface area (Å²) in [5.74, 6) is 1.34. The normalized spacial score (nSPS) is 11.8. The molecule has 35 heavy (non-hydrogen) atoms. The van der Waals surface area contributed by atoms with Crippen molar-refractivity contribution < 1.29 is 14.3 Å². The number of carbonyl (C=O) groups is 2. The molecule has 1 aromatic heterocycles. The number of rotatable bonds is 11. The minimum absolute atomic E-state index is 0.0824. The Labute approximate surface area is 210 Å². The molecule has 3 aromatic rings. The number of nitrogens with one attached hydrogen (secondary N) is 2. The highest BCUT2D eigenvalue weighted by atomic mass is 32.2. The third-order valence-electron chi connectivity index (χ3n) is 5.62. The van der Waals surface area contributed by atoms with Gasteiger partial charge in [0, 0.05) is 17.8 Å². The van der Waals surface area contributed by atoms with Gasteiger partial charge >= 0.3 is 0 Å². The third-order valence-corrected chi connectivity index (χ3v) is 6.59. The van der Waals surface area contributed by atoms with Gasteiger partial charge in [0.15, 0.2) is 11.0 Å². The molecule has 0 saturated carbocycles. The SMILES string of the molecule is CCc1ccc(NC(=O)CSc2nnc([C@H](NC(=O)c3ccc(OC)cc3)C(C)C)n2CC)cc1. The van der Waals surface area contributed by atoms with Crippen LogP contribution in [-0.4, -0.2) is 39.4 Å². The molecule has 8 nitrogen and oxygen atoms in total. The van der Waals surface area contributed by atoms with Gasteiger partial charge in [-0.2, -0.15) is 0 Å². The van der Waals surface area contributed by atoms with Gasteiger partial charge in [0.1, 0.15) is 5.75 Å². The highest BCUT2D eigenvalue weighted by Crippen LogP contribution is 2.26. The fourth-order valence-corrected chi connectivity index (χ4v) is 4.39. The van der Waals surface area contributed by atoms with Crippen LogP contribution in [0.5, 0.6) is 5.75 Å². The minimum atomic E-state index is -0.336. The van der Waals surface area contributed by atoms with E-state index in [0.29, 0.717) is 28.8 Å². The Hall–Kier alpha value is -3.33. The molecule has 1 atom stereocenters. The smallest absolute Gasteiger partial charge is 0.251 e. The van der Waals surface area contributed by atoms with Crippen molar-refractivity contribution in [2.45, 2.75) is 51.9 Å². The predicted molar refractivity (Wildman–Crippen MR) is 139 cm³/mol. The third kappa shape index (κ3) is 6.85. The Morgan fingerprint density at radius 2 is 1.71 bits per heavy atom. The molecular formula is C26H33N5O3S. The molecule has 0 aliphatic rings. The number of hydrogen-bond donors (Lipinski definition) is 2.